The van der Waals surface area contributed by atoms with Crippen molar-refractivity contribution in [2.45, 2.75) is 37.6 Å². The highest BCUT2D eigenvalue weighted by molar-refractivity contribution is 5.90. The molecule has 0 radical (unpaired) electrons. The molecule has 1 aliphatic heterocycles. The normalized spacial score (nSPS) is 22.6. The number of hydrogen-bond acceptors (Lipinski definition) is 4. The Balaban J connectivity index is 1.10. The molecule has 2 aromatic heterocycles. The van der Waals surface area contributed by atoms with Gasteiger partial charge in [0.25, 0.3) is 0 Å². The summed E-state index contributed by atoms with van der Waals surface area (Å²) >= 11 is 0. The number of pyridine rings is 1. The summed E-state index contributed by atoms with van der Waals surface area (Å²) in [6.07, 6.45) is 8.66. The van der Waals surface area contributed by atoms with Crippen LogP contribution in [0.3, 0.4) is 0 Å². The Kier molecular flexibility index (Phi) is 5.07. The summed E-state index contributed by atoms with van der Waals surface area (Å²) in [6, 6.07) is 16.0. The van der Waals surface area contributed by atoms with E-state index in [1.807, 2.05) is 24.5 Å². The molecule has 3 heterocycles. The number of hydrogen-bond donors (Lipinski definition) is 0. The van der Waals surface area contributed by atoms with Crippen molar-refractivity contribution in [2.75, 3.05) is 31.1 Å². The van der Waals surface area contributed by atoms with Gasteiger partial charge in [0.05, 0.1) is 17.5 Å². The Morgan fingerprint density at radius 2 is 1.72 bits per heavy atom. The van der Waals surface area contributed by atoms with Gasteiger partial charge in [-0.1, -0.05) is 24.3 Å². The zero-order valence-electron chi connectivity index (χ0n) is 18.2. The van der Waals surface area contributed by atoms with Crippen molar-refractivity contribution in [2.24, 2.45) is 0 Å². The lowest BCUT2D eigenvalue weighted by Crippen LogP contribution is -2.51. The third-order valence-corrected chi connectivity index (χ3v) is 7.47. The fourth-order valence-corrected chi connectivity index (χ4v) is 5.77. The zero-order chi connectivity index (χ0) is 21.5. The summed E-state index contributed by atoms with van der Waals surface area (Å²) in [5.41, 5.74) is 4.21. The number of anilines is 1. The molecule has 1 aliphatic carbocycles. The minimum absolute atomic E-state index is 0.187. The standard InChI is InChI=1S/C27H28FN3O/c28-21-16-20-4-3-11-29-27(20)25(17-21)31-14-12-30(13-15-31)22-9-7-19(8-10-22)24-18-32-26-6-2-1-5-23(24)26/h1-6,11,16-19,22H,7-10,12-15H2. The quantitative estimate of drug-likeness (QED) is 0.402. The lowest BCUT2D eigenvalue weighted by atomic mass is 9.81. The lowest BCUT2D eigenvalue weighted by Gasteiger charge is -2.42. The van der Waals surface area contributed by atoms with Crippen molar-refractivity contribution >= 4 is 27.6 Å². The van der Waals surface area contributed by atoms with E-state index >= 15 is 0 Å². The largest absolute Gasteiger partial charge is 0.464 e. The molecule has 0 N–H and O–H groups in total. The molecule has 2 aromatic carbocycles. The molecule has 6 rings (SSSR count). The molecule has 0 bridgehead atoms. The number of furan rings is 1. The van der Waals surface area contributed by atoms with Crippen LogP contribution in [0.2, 0.25) is 0 Å². The van der Waals surface area contributed by atoms with Gasteiger partial charge in [-0.05, 0) is 55.9 Å². The number of rotatable bonds is 3. The van der Waals surface area contributed by atoms with Crippen LogP contribution in [-0.2, 0) is 0 Å². The van der Waals surface area contributed by atoms with E-state index in [2.05, 4.69) is 33.0 Å². The number of halogens is 1. The Hall–Kier alpha value is -2.92. The minimum Gasteiger partial charge on any atom is -0.464 e. The van der Waals surface area contributed by atoms with Crippen molar-refractivity contribution in [3.8, 4) is 0 Å². The average Bonchev–Trinajstić information content (AvgIpc) is 3.28. The molecule has 4 aromatic rings. The van der Waals surface area contributed by atoms with Gasteiger partial charge < -0.3 is 9.32 Å². The van der Waals surface area contributed by atoms with E-state index < -0.39 is 0 Å². The minimum atomic E-state index is -0.187. The molecule has 5 heteroatoms. The van der Waals surface area contributed by atoms with Gasteiger partial charge in [-0.25, -0.2) is 4.39 Å². The maximum absolute atomic E-state index is 14.2. The summed E-state index contributed by atoms with van der Waals surface area (Å²) in [4.78, 5) is 9.48. The molecule has 0 unspecified atom stereocenters. The van der Waals surface area contributed by atoms with Crippen LogP contribution in [-0.4, -0.2) is 42.1 Å². The van der Waals surface area contributed by atoms with Crippen LogP contribution in [0.5, 0.6) is 0 Å². The number of piperazine rings is 1. The summed E-state index contributed by atoms with van der Waals surface area (Å²) in [6.45, 7) is 3.88. The fourth-order valence-electron chi connectivity index (χ4n) is 5.77. The molecule has 0 amide bonds. The van der Waals surface area contributed by atoms with E-state index in [0.29, 0.717) is 12.0 Å². The molecule has 2 fully saturated rings. The van der Waals surface area contributed by atoms with Crippen molar-refractivity contribution < 1.29 is 8.81 Å². The average molecular weight is 430 g/mol. The SMILES string of the molecule is Fc1cc(N2CCN(C3CCC(c4coc5ccccc45)CC3)CC2)c2ncccc2c1. The molecule has 0 spiro atoms. The Labute approximate surface area is 187 Å². The topological polar surface area (TPSA) is 32.5 Å². The van der Waals surface area contributed by atoms with Gasteiger partial charge in [-0.2, -0.15) is 0 Å². The van der Waals surface area contributed by atoms with Crippen molar-refractivity contribution in [1.29, 1.82) is 0 Å². The van der Waals surface area contributed by atoms with Gasteiger partial charge in [0.15, 0.2) is 0 Å². The highest BCUT2D eigenvalue weighted by Crippen LogP contribution is 2.39. The number of fused-ring (bicyclic) bond motifs is 2. The van der Waals surface area contributed by atoms with Crippen LogP contribution >= 0.6 is 0 Å². The Morgan fingerprint density at radius 3 is 2.56 bits per heavy atom. The van der Waals surface area contributed by atoms with E-state index in [4.69, 9.17) is 4.42 Å². The number of benzene rings is 2. The van der Waals surface area contributed by atoms with Gasteiger partial charge >= 0.3 is 0 Å². The first-order chi connectivity index (χ1) is 15.8. The van der Waals surface area contributed by atoms with E-state index in [1.54, 1.807) is 18.3 Å². The van der Waals surface area contributed by atoms with Crippen LogP contribution < -0.4 is 4.90 Å². The Bertz CT molecular complexity index is 1240. The first kappa shape index (κ1) is 19.7. The number of nitrogens with zero attached hydrogens (tertiary/aromatic N) is 3. The summed E-state index contributed by atoms with van der Waals surface area (Å²) in [5, 5.41) is 2.15. The maximum atomic E-state index is 14.2. The van der Waals surface area contributed by atoms with Crippen LogP contribution in [0.1, 0.15) is 37.2 Å². The van der Waals surface area contributed by atoms with Gasteiger partial charge in [0.1, 0.15) is 11.4 Å². The molecule has 4 nitrogen and oxygen atoms in total. The molecule has 164 valence electrons. The van der Waals surface area contributed by atoms with Crippen molar-refractivity contribution in [1.82, 2.24) is 9.88 Å². The van der Waals surface area contributed by atoms with Gasteiger partial charge in [-0.15, -0.1) is 0 Å². The fraction of sp³-hybridized carbons (Fsp3) is 0.370. The number of aromatic nitrogens is 1. The molecule has 1 saturated heterocycles. The highest BCUT2D eigenvalue weighted by Gasteiger charge is 2.30. The monoisotopic (exact) mass is 429 g/mol. The lowest BCUT2D eigenvalue weighted by molar-refractivity contribution is 0.141. The molecule has 0 atom stereocenters. The second kappa shape index (κ2) is 8.21. The predicted molar refractivity (Wildman–Crippen MR) is 127 cm³/mol. The van der Waals surface area contributed by atoms with E-state index in [9.17, 15) is 4.39 Å². The van der Waals surface area contributed by atoms with E-state index in [1.165, 1.54) is 36.6 Å². The van der Waals surface area contributed by atoms with Gasteiger partial charge in [0, 0.05) is 54.8 Å². The Morgan fingerprint density at radius 1 is 0.906 bits per heavy atom. The van der Waals surface area contributed by atoms with Gasteiger partial charge in [0.2, 0.25) is 0 Å². The second-order valence-corrected chi connectivity index (χ2v) is 9.22. The first-order valence-corrected chi connectivity index (χ1v) is 11.8. The predicted octanol–water partition coefficient (Wildman–Crippen LogP) is 5.97. The van der Waals surface area contributed by atoms with Crippen LogP contribution in [0.15, 0.2) is 65.4 Å². The molecular weight excluding hydrogens is 401 g/mol. The van der Waals surface area contributed by atoms with E-state index in [-0.39, 0.29) is 5.82 Å². The van der Waals surface area contributed by atoms with Crippen molar-refractivity contribution in [3.05, 3.63) is 72.4 Å². The number of para-hydroxylation sites is 1. The second-order valence-electron chi connectivity index (χ2n) is 9.22. The third kappa shape index (κ3) is 3.55. The molecule has 32 heavy (non-hydrogen) atoms. The molecular formula is C27H28FN3O. The zero-order valence-corrected chi connectivity index (χ0v) is 18.2. The summed E-state index contributed by atoms with van der Waals surface area (Å²) in [5.74, 6) is 0.411. The maximum Gasteiger partial charge on any atom is 0.134 e. The van der Waals surface area contributed by atoms with Crippen molar-refractivity contribution in [3.63, 3.8) is 0 Å². The van der Waals surface area contributed by atoms with Crippen LogP contribution in [0.25, 0.3) is 21.9 Å². The van der Waals surface area contributed by atoms with Crippen LogP contribution in [0.4, 0.5) is 10.1 Å². The highest BCUT2D eigenvalue weighted by atomic mass is 19.1. The molecule has 1 saturated carbocycles. The first-order valence-electron chi connectivity index (χ1n) is 11.8. The van der Waals surface area contributed by atoms with E-state index in [0.717, 1.165) is 48.4 Å². The third-order valence-electron chi connectivity index (χ3n) is 7.47. The smallest absolute Gasteiger partial charge is 0.134 e. The summed E-state index contributed by atoms with van der Waals surface area (Å²) in [7, 11) is 0. The van der Waals surface area contributed by atoms with Gasteiger partial charge in [-0.3, -0.25) is 9.88 Å². The molecule has 2 aliphatic rings. The van der Waals surface area contributed by atoms with Crippen LogP contribution in [0, 0.1) is 5.82 Å². The summed E-state index contributed by atoms with van der Waals surface area (Å²) < 4.78 is 20.0.